The van der Waals surface area contributed by atoms with Crippen LogP contribution >= 0.6 is 0 Å². The third-order valence-corrected chi connectivity index (χ3v) is 1.55. The van der Waals surface area contributed by atoms with Crippen LogP contribution in [0.3, 0.4) is 0 Å². The Kier molecular flexibility index (Phi) is 2.73. The molecule has 0 atom stereocenters. The minimum Gasteiger partial charge on any atom is -0.289 e. The first-order valence-corrected chi connectivity index (χ1v) is 3.59. The number of Topliss-reactive ketones (excluding diaryl/α,β-unsaturated/α-hetero) is 1. The highest BCUT2D eigenvalue weighted by molar-refractivity contribution is 5.86. The summed E-state index contributed by atoms with van der Waals surface area (Å²) in [5.41, 5.74) is -1.09. The molecule has 15 heavy (non-hydrogen) atoms. The zero-order chi connectivity index (χ0) is 11.6. The summed E-state index contributed by atoms with van der Waals surface area (Å²) in [6.45, 7) is 0. The highest BCUT2D eigenvalue weighted by atomic mass is 19.4. The van der Waals surface area contributed by atoms with Crippen molar-refractivity contribution in [1.29, 1.82) is 0 Å². The molecule has 0 saturated carbocycles. The molecule has 82 valence electrons. The summed E-state index contributed by atoms with van der Waals surface area (Å²) in [6.07, 6.45) is -5.36. The molecule has 0 radical (unpaired) electrons. The van der Waals surface area contributed by atoms with Gasteiger partial charge in [0.2, 0.25) is 5.78 Å². The molecule has 0 bridgehead atoms. The number of hydrogen-bond acceptors (Lipinski definition) is 4. The van der Waals surface area contributed by atoms with Gasteiger partial charge in [-0.25, -0.2) is 0 Å². The lowest BCUT2D eigenvalue weighted by Gasteiger charge is -2.02. The number of H-pyrrole nitrogens is 1. The first-order valence-electron chi connectivity index (χ1n) is 3.59. The van der Waals surface area contributed by atoms with Gasteiger partial charge in [0.15, 0.2) is 0 Å². The standard InChI is InChI=1S/C6H4F3N3O3/c7-6(8,9)5(13)1-3-4(12(14)15)2-10-11-3/h2H,1H2,(H,10,11). The Morgan fingerprint density at radius 1 is 1.60 bits per heavy atom. The lowest BCUT2D eigenvalue weighted by atomic mass is 10.2. The molecule has 1 aromatic rings. The molecular formula is C6H4F3N3O3. The first-order chi connectivity index (χ1) is 6.82. The predicted molar refractivity (Wildman–Crippen MR) is 40.0 cm³/mol. The summed E-state index contributed by atoms with van der Waals surface area (Å²) in [4.78, 5) is 19.9. The average molecular weight is 223 g/mol. The molecule has 0 fully saturated rings. The van der Waals surface area contributed by atoms with Crippen LogP contribution in [0.4, 0.5) is 18.9 Å². The van der Waals surface area contributed by atoms with Crippen LogP contribution in [-0.2, 0) is 11.2 Å². The molecule has 6 nitrogen and oxygen atoms in total. The Labute approximate surface area is 80.2 Å². The lowest BCUT2D eigenvalue weighted by molar-refractivity contribution is -0.385. The van der Waals surface area contributed by atoms with Crippen LogP contribution in [0.25, 0.3) is 0 Å². The number of rotatable bonds is 3. The zero-order valence-corrected chi connectivity index (χ0v) is 7.04. The fourth-order valence-electron chi connectivity index (χ4n) is 0.855. The van der Waals surface area contributed by atoms with Crippen LogP contribution in [0.2, 0.25) is 0 Å². The second kappa shape index (κ2) is 3.67. The molecule has 0 aliphatic rings. The Morgan fingerprint density at radius 2 is 2.20 bits per heavy atom. The molecule has 0 unspecified atom stereocenters. The number of aromatic amines is 1. The van der Waals surface area contributed by atoms with Gasteiger partial charge in [-0.15, -0.1) is 0 Å². The van der Waals surface area contributed by atoms with Crippen molar-refractivity contribution in [2.75, 3.05) is 0 Å². The van der Waals surface area contributed by atoms with E-state index in [-0.39, 0.29) is 0 Å². The predicted octanol–water partition coefficient (Wildman–Crippen LogP) is 0.992. The number of carbonyl (C=O) groups is 1. The van der Waals surface area contributed by atoms with E-state index in [4.69, 9.17) is 0 Å². The van der Waals surface area contributed by atoms with Crippen LogP contribution in [0.1, 0.15) is 5.69 Å². The van der Waals surface area contributed by atoms with Gasteiger partial charge in [-0.1, -0.05) is 0 Å². The fourth-order valence-corrected chi connectivity index (χ4v) is 0.855. The number of ketones is 1. The topological polar surface area (TPSA) is 88.9 Å². The molecule has 1 rings (SSSR count). The van der Waals surface area contributed by atoms with E-state index in [0.717, 1.165) is 6.20 Å². The Morgan fingerprint density at radius 3 is 2.67 bits per heavy atom. The van der Waals surface area contributed by atoms with E-state index in [9.17, 15) is 28.1 Å². The molecule has 0 aliphatic carbocycles. The zero-order valence-electron chi connectivity index (χ0n) is 7.04. The molecular weight excluding hydrogens is 219 g/mol. The Bertz CT molecular complexity index is 398. The number of nitro groups is 1. The Hall–Kier alpha value is -1.93. The Balaban J connectivity index is 2.86. The van der Waals surface area contributed by atoms with Gasteiger partial charge in [0, 0.05) is 0 Å². The van der Waals surface area contributed by atoms with Gasteiger partial charge in [0.1, 0.15) is 11.9 Å². The van der Waals surface area contributed by atoms with Gasteiger partial charge in [-0.3, -0.25) is 20.0 Å². The van der Waals surface area contributed by atoms with Crippen molar-refractivity contribution in [2.24, 2.45) is 0 Å². The summed E-state index contributed by atoms with van der Waals surface area (Å²) >= 11 is 0. The summed E-state index contributed by atoms with van der Waals surface area (Å²) in [5.74, 6) is -2.06. The van der Waals surface area contributed by atoms with E-state index < -0.39 is 34.7 Å². The normalized spacial score (nSPS) is 11.4. The number of hydrogen-bond donors (Lipinski definition) is 1. The number of alkyl halides is 3. The van der Waals surface area contributed by atoms with Crippen molar-refractivity contribution in [3.8, 4) is 0 Å². The molecule has 9 heteroatoms. The second-order valence-corrected chi connectivity index (χ2v) is 2.59. The molecule has 1 aromatic heterocycles. The second-order valence-electron chi connectivity index (χ2n) is 2.59. The molecule has 1 heterocycles. The van der Waals surface area contributed by atoms with E-state index in [1.807, 2.05) is 5.10 Å². The van der Waals surface area contributed by atoms with Crippen molar-refractivity contribution in [3.05, 3.63) is 22.0 Å². The summed E-state index contributed by atoms with van der Waals surface area (Å²) < 4.78 is 35.5. The summed E-state index contributed by atoms with van der Waals surface area (Å²) in [7, 11) is 0. The van der Waals surface area contributed by atoms with E-state index in [1.54, 1.807) is 0 Å². The van der Waals surface area contributed by atoms with Crippen LogP contribution in [0.5, 0.6) is 0 Å². The maximum Gasteiger partial charge on any atom is 0.450 e. The van der Waals surface area contributed by atoms with E-state index in [2.05, 4.69) is 5.10 Å². The van der Waals surface area contributed by atoms with Crippen LogP contribution < -0.4 is 0 Å². The van der Waals surface area contributed by atoms with E-state index in [0.29, 0.717) is 0 Å². The number of nitrogens with one attached hydrogen (secondary N) is 1. The molecule has 0 aliphatic heterocycles. The lowest BCUT2D eigenvalue weighted by Crippen LogP contribution is -2.25. The van der Waals surface area contributed by atoms with E-state index in [1.165, 1.54) is 0 Å². The van der Waals surface area contributed by atoms with Crippen molar-refractivity contribution in [3.63, 3.8) is 0 Å². The van der Waals surface area contributed by atoms with Crippen molar-refractivity contribution in [2.45, 2.75) is 12.6 Å². The molecule has 0 amide bonds. The smallest absolute Gasteiger partial charge is 0.289 e. The molecule has 0 saturated heterocycles. The van der Waals surface area contributed by atoms with Gasteiger partial charge >= 0.3 is 11.9 Å². The molecule has 0 spiro atoms. The van der Waals surface area contributed by atoms with Crippen LogP contribution in [0.15, 0.2) is 6.20 Å². The third-order valence-electron chi connectivity index (χ3n) is 1.55. The highest BCUT2D eigenvalue weighted by Crippen LogP contribution is 2.21. The summed E-state index contributed by atoms with van der Waals surface area (Å²) in [5, 5.41) is 15.4. The first kappa shape index (κ1) is 11.1. The van der Waals surface area contributed by atoms with Gasteiger partial charge in [-0.2, -0.15) is 18.3 Å². The highest BCUT2D eigenvalue weighted by Gasteiger charge is 2.39. The van der Waals surface area contributed by atoms with Gasteiger partial charge in [0.25, 0.3) is 0 Å². The number of carbonyl (C=O) groups excluding carboxylic acids is 1. The van der Waals surface area contributed by atoms with Crippen molar-refractivity contribution < 1.29 is 22.9 Å². The number of halogens is 3. The largest absolute Gasteiger partial charge is 0.450 e. The monoisotopic (exact) mass is 223 g/mol. The fraction of sp³-hybridized carbons (Fsp3) is 0.333. The minimum absolute atomic E-state index is 0.456. The quantitative estimate of drug-likeness (QED) is 0.611. The van der Waals surface area contributed by atoms with Crippen molar-refractivity contribution >= 4 is 11.5 Å². The van der Waals surface area contributed by atoms with Gasteiger partial charge < -0.3 is 0 Å². The van der Waals surface area contributed by atoms with Gasteiger partial charge in [0.05, 0.1) is 11.3 Å². The average Bonchev–Trinajstić information content (AvgIpc) is 2.50. The van der Waals surface area contributed by atoms with Gasteiger partial charge in [-0.05, 0) is 0 Å². The maximum absolute atomic E-state index is 11.8. The third kappa shape index (κ3) is 2.51. The molecule has 0 aromatic carbocycles. The summed E-state index contributed by atoms with van der Waals surface area (Å²) in [6, 6.07) is 0. The minimum atomic E-state index is -5.00. The van der Waals surface area contributed by atoms with Crippen LogP contribution in [0, 0.1) is 10.1 Å². The van der Waals surface area contributed by atoms with Crippen molar-refractivity contribution in [1.82, 2.24) is 10.2 Å². The number of nitrogens with zero attached hydrogens (tertiary/aromatic N) is 2. The molecule has 1 N–H and O–H groups in total. The number of aromatic nitrogens is 2. The van der Waals surface area contributed by atoms with E-state index >= 15 is 0 Å². The maximum atomic E-state index is 11.8. The SMILES string of the molecule is O=C(Cc1[nH]ncc1[N+](=O)[O-])C(F)(F)F. The van der Waals surface area contributed by atoms with Crippen LogP contribution in [-0.4, -0.2) is 27.1 Å².